The molecule has 9 nitrogen and oxygen atoms in total. The molecular weight excluding hydrogens is 465 g/mol. The number of rotatable bonds is 5. The van der Waals surface area contributed by atoms with Gasteiger partial charge in [0.1, 0.15) is 6.10 Å². The van der Waals surface area contributed by atoms with E-state index in [-0.39, 0.29) is 12.0 Å². The lowest BCUT2D eigenvalue weighted by molar-refractivity contribution is 0.0680. The lowest BCUT2D eigenvalue weighted by atomic mass is 9.99. The Bertz CT molecular complexity index is 817. The summed E-state index contributed by atoms with van der Waals surface area (Å²) in [6, 6.07) is 1.69. The van der Waals surface area contributed by atoms with Crippen LogP contribution in [0.25, 0.3) is 5.65 Å². The molecule has 2 aliphatic rings. The first kappa shape index (κ1) is 18.7. The highest BCUT2D eigenvalue weighted by Crippen LogP contribution is 2.30. The van der Waals surface area contributed by atoms with Crippen molar-refractivity contribution in [2.24, 2.45) is 5.92 Å². The van der Waals surface area contributed by atoms with E-state index in [0.29, 0.717) is 40.8 Å². The maximum absolute atomic E-state index is 12.1. The SMILES string of the molecule is O=C(O)N(CC1CCOCC1)c1cc(OC2CCCC2)nn2c(I)nnc12. The fraction of sp³-hybridized carbons (Fsp3) is 0.647. The van der Waals surface area contributed by atoms with Crippen LogP contribution in [0, 0.1) is 9.75 Å². The van der Waals surface area contributed by atoms with Gasteiger partial charge in [-0.3, -0.25) is 4.90 Å². The number of carbonyl (C=O) groups is 1. The van der Waals surface area contributed by atoms with Crippen molar-refractivity contribution >= 4 is 40.0 Å². The van der Waals surface area contributed by atoms with Crippen LogP contribution in [0.1, 0.15) is 38.5 Å². The number of amides is 1. The molecule has 0 aromatic carbocycles. The lowest BCUT2D eigenvalue weighted by Gasteiger charge is -2.28. The van der Waals surface area contributed by atoms with E-state index >= 15 is 0 Å². The molecule has 10 heteroatoms. The Kier molecular flexibility index (Phi) is 5.62. The average molecular weight is 487 g/mol. The van der Waals surface area contributed by atoms with Crippen molar-refractivity contribution in [3.63, 3.8) is 0 Å². The Morgan fingerprint density at radius 2 is 2.04 bits per heavy atom. The molecular formula is C17H22IN5O4. The van der Waals surface area contributed by atoms with Gasteiger partial charge >= 0.3 is 6.09 Å². The lowest BCUT2D eigenvalue weighted by Crippen LogP contribution is -2.36. The third-order valence-corrected chi connectivity index (χ3v) is 5.86. The van der Waals surface area contributed by atoms with Crippen molar-refractivity contribution in [1.82, 2.24) is 19.8 Å². The van der Waals surface area contributed by atoms with E-state index in [0.717, 1.165) is 38.5 Å². The monoisotopic (exact) mass is 487 g/mol. The number of aromatic nitrogens is 4. The molecule has 1 saturated carbocycles. The molecule has 1 amide bonds. The molecule has 1 saturated heterocycles. The fourth-order valence-corrected chi connectivity index (χ4v) is 4.16. The largest absolute Gasteiger partial charge is 0.473 e. The molecule has 0 radical (unpaired) electrons. The van der Waals surface area contributed by atoms with Gasteiger partial charge in [0, 0.05) is 48.4 Å². The first-order chi connectivity index (χ1) is 13.1. The maximum Gasteiger partial charge on any atom is 0.411 e. The number of carboxylic acid groups (broad SMARTS) is 1. The molecule has 2 fully saturated rings. The van der Waals surface area contributed by atoms with Crippen molar-refractivity contribution < 1.29 is 19.4 Å². The van der Waals surface area contributed by atoms with Gasteiger partial charge in [0.2, 0.25) is 15.4 Å². The van der Waals surface area contributed by atoms with E-state index in [9.17, 15) is 9.90 Å². The number of anilines is 1. The van der Waals surface area contributed by atoms with Gasteiger partial charge in [0.25, 0.3) is 0 Å². The molecule has 1 N–H and O–H groups in total. The summed E-state index contributed by atoms with van der Waals surface area (Å²) >= 11 is 2.04. The van der Waals surface area contributed by atoms with E-state index in [1.807, 2.05) is 22.6 Å². The number of hydrogen-bond acceptors (Lipinski definition) is 6. The van der Waals surface area contributed by atoms with E-state index in [1.165, 1.54) is 4.90 Å². The molecule has 0 spiro atoms. The summed E-state index contributed by atoms with van der Waals surface area (Å²) in [5.74, 6) is 0.671. The van der Waals surface area contributed by atoms with Crippen LogP contribution in [0.3, 0.4) is 0 Å². The minimum atomic E-state index is -1.01. The van der Waals surface area contributed by atoms with Gasteiger partial charge in [-0.25, -0.2) is 4.79 Å². The number of halogens is 1. The quantitative estimate of drug-likeness (QED) is 0.648. The smallest absolute Gasteiger partial charge is 0.411 e. The van der Waals surface area contributed by atoms with Gasteiger partial charge < -0.3 is 14.6 Å². The van der Waals surface area contributed by atoms with Crippen LogP contribution in [-0.4, -0.2) is 56.9 Å². The highest BCUT2D eigenvalue weighted by molar-refractivity contribution is 14.1. The first-order valence-electron chi connectivity index (χ1n) is 9.28. The molecule has 2 aromatic heterocycles. The molecule has 4 rings (SSSR count). The Morgan fingerprint density at radius 1 is 1.30 bits per heavy atom. The highest BCUT2D eigenvalue weighted by Gasteiger charge is 2.27. The fourth-order valence-electron chi connectivity index (χ4n) is 3.72. The molecule has 27 heavy (non-hydrogen) atoms. The van der Waals surface area contributed by atoms with Crippen molar-refractivity contribution in [1.29, 1.82) is 0 Å². The Balaban J connectivity index is 1.68. The zero-order valence-corrected chi connectivity index (χ0v) is 17.0. The molecule has 0 atom stereocenters. The molecule has 1 aliphatic heterocycles. The third kappa shape index (κ3) is 4.10. The van der Waals surface area contributed by atoms with E-state index in [1.54, 1.807) is 10.6 Å². The first-order valence-corrected chi connectivity index (χ1v) is 10.4. The van der Waals surface area contributed by atoms with E-state index in [2.05, 4.69) is 15.3 Å². The molecule has 0 bridgehead atoms. The minimum absolute atomic E-state index is 0.130. The van der Waals surface area contributed by atoms with E-state index < -0.39 is 6.09 Å². The molecule has 1 aliphatic carbocycles. The van der Waals surface area contributed by atoms with Crippen LogP contribution in [0.5, 0.6) is 5.88 Å². The molecule has 3 heterocycles. The summed E-state index contributed by atoms with van der Waals surface area (Å²) < 4.78 is 13.6. The Hall–Kier alpha value is -1.69. The topological polar surface area (TPSA) is 102 Å². The van der Waals surface area contributed by atoms with Crippen LogP contribution in [-0.2, 0) is 4.74 Å². The number of nitrogens with zero attached hydrogens (tertiary/aromatic N) is 5. The van der Waals surface area contributed by atoms with Crippen molar-refractivity contribution in [3.8, 4) is 5.88 Å². The molecule has 146 valence electrons. The van der Waals surface area contributed by atoms with Gasteiger partial charge in [0.05, 0.1) is 5.69 Å². The van der Waals surface area contributed by atoms with E-state index in [4.69, 9.17) is 9.47 Å². The van der Waals surface area contributed by atoms with Gasteiger partial charge in [-0.15, -0.1) is 15.3 Å². The summed E-state index contributed by atoms with van der Waals surface area (Å²) in [6.45, 7) is 1.73. The maximum atomic E-state index is 12.1. The summed E-state index contributed by atoms with van der Waals surface area (Å²) in [5.41, 5.74) is 0.889. The number of ether oxygens (including phenoxy) is 2. The van der Waals surface area contributed by atoms with Crippen LogP contribution >= 0.6 is 22.6 Å². The van der Waals surface area contributed by atoms with Crippen LogP contribution in [0.15, 0.2) is 6.07 Å². The second-order valence-corrected chi connectivity index (χ2v) is 8.01. The third-order valence-electron chi connectivity index (χ3n) is 5.18. The van der Waals surface area contributed by atoms with Crippen molar-refractivity contribution in [2.75, 3.05) is 24.7 Å². The van der Waals surface area contributed by atoms with Crippen molar-refractivity contribution in [3.05, 3.63) is 9.90 Å². The summed E-state index contributed by atoms with van der Waals surface area (Å²) in [4.78, 5) is 13.4. The predicted octanol–water partition coefficient (Wildman–Crippen LogP) is 2.96. The summed E-state index contributed by atoms with van der Waals surface area (Å²) in [5, 5.41) is 22.5. The van der Waals surface area contributed by atoms with Gasteiger partial charge in [-0.05, 0) is 44.4 Å². The standard InChI is InChI=1S/C17H22IN5O4/c18-16-20-19-15-13(22(17(24)25)10-11-5-7-26-8-6-11)9-14(21-23(15)16)27-12-3-1-2-4-12/h9,11-12H,1-8,10H2,(H,24,25). The predicted molar refractivity (Wildman–Crippen MR) is 105 cm³/mol. The summed E-state index contributed by atoms with van der Waals surface area (Å²) in [6.07, 6.45) is 5.11. The number of hydrogen-bond donors (Lipinski definition) is 1. The zero-order valence-electron chi connectivity index (χ0n) is 14.9. The zero-order chi connectivity index (χ0) is 18.8. The highest BCUT2D eigenvalue weighted by atomic mass is 127. The minimum Gasteiger partial charge on any atom is -0.473 e. The van der Waals surface area contributed by atoms with Gasteiger partial charge in [-0.2, -0.15) is 4.52 Å². The van der Waals surface area contributed by atoms with Crippen molar-refractivity contribution in [2.45, 2.75) is 44.6 Å². The van der Waals surface area contributed by atoms with Crippen LogP contribution in [0.4, 0.5) is 10.5 Å². The molecule has 0 unspecified atom stereocenters. The van der Waals surface area contributed by atoms with Crippen LogP contribution < -0.4 is 9.64 Å². The summed E-state index contributed by atoms with van der Waals surface area (Å²) in [7, 11) is 0. The Morgan fingerprint density at radius 3 is 2.74 bits per heavy atom. The van der Waals surface area contributed by atoms with Gasteiger partial charge in [0.15, 0.2) is 0 Å². The van der Waals surface area contributed by atoms with Crippen LogP contribution in [0.2, 0.25) is 0 Å². The second-order valence-electron chi connectivity index (χ2n) is 7.05. The normalized spacial score (nSPS) is 18.9. The second kappa shape index (κ2) is 8.13. The number of fused-ring (bicyclic) bond motifs is 1. The average Bonchev–Trinajstić information content (AvgIpc) is 3.30. The Labute approximate surface area is 170 Å². The molecule has 2 aromatic rings. The van der Waals surface area contributed by atoms with Gasteiger partial charge in [-0.1, -0.05) is 0 Å².